The third-order valence-electron chi connectivity index (χ3n) is 2.79. The molecule has 0 saturated heterocycles. The lowest BCUT2D eigenvalue weighted by atomic mass is 10.1. The SMILES string of the molecule is CCCNC(=O)Oc1cccc(-c2cncc(C=O)c2)c1. The van der Waals surface area contributed by atoms with E-state index in [1.165, 1.54) is 6.20 Å². The summed E-state index contributed by atoms with van der Waals surface area (Å²) in [5.74, 6) is 0.442. The molecular weight excluding hydrogens is 268 g/mol. The first kappa shape index (κ1) is 14.7. The normalized spacial score (nSPS) is 9.95. The number of carbonyl (C=O) groups is 2. The van der Waals surface area contributed by atoms with Crippen LogP contribution in [0, 0.1) is 0 Å². The number of aromatic nitrogens is 1. The quantitative estimate of drug-likeness (QED) is 0.857. The van der Waals surface area contributed by atoms with Crippen molar-refractivity contribution in [3.8, 4) is 16.9 Å². The molecule has 0 unspecified atom stereocenters. The molecule has 0 spiro atoms. The van der Waals surface area contributed by atoms with E-state index in [0.29, 0.717) is 17.9 Å². The molecule has 1 heterocycles. The van der Waals surface area contributed by atoms with Crippen LogP contribution in [0.2, 0.25) is 0 Å². The molecule has 0 saturated carbocycles. The molecule has 0 aliphatic carbocycles. The molecule has 2 rings (SSSR count). The lowest BCUT2D eigenvalue weighted by Crippen LogP contribution is -2.27. The van der Waals surface area contributed by atoms with E-state index >= 15 is 0 Å². The maximum atomic E-state index is 11.5. The average Bonchev–Trinajstić information content (AvgIpc) is 2.53. The summed E-state index contributed by atoms with van der Waals surface area (Å²) in [6, 6.07) is 8.81. The van der Waals surface area contributed by atoms with Gasteiger partial charge in [0.1, 0.15) is 5.75 Å². The fraction of sp³-hybridized carbons (Fsp3) is 0.188. The zero-order valence-electron chi connectivity index (χ0n) is 11.7. The molecule has 5 nitrogen and oxygen atoms in total. The lowest BCUT2D eigenvalue weighted by molar-refractivity contribution is 0.112. The van der Waals surface area contributed by atoms with Crippen LogP contribution in [-0.2, 0) is 0 Å². The minimum Gasteiger partial charge on any atom is -0.410 e. The van der Waals surface area contributed by atoms with Crippen molar-refractivity contribution in [3.63, 3.8) is 0 Å². The van der Waals surface area contributed by atoms with Gasteiger partial charge in [0, 0.05) is 30.1 Å². The fourth-order valence-electron chi connectivity index (χ4n) is 1.79. The Bertz CT molecular complexity index is 641. The minimum atomic E-state index is -0.478. The maximum absolute atomic E-state index is 11.5. The van der Waals surface area contributed by atoms with Gasteiger partial charge in [-0.15, -0.1) is 0 Å². The van der Waals surface area contributed by atoms with Crippen molar-refractivity contribution in [2.45, 2.75) is 13.3 Å². The molecule has 2 aromatic rings. The second-order valence-electron chi connectivity index (χ2n) is 4.47. The number of carbonyl (C=O) groups excluding carboxylic acids is 2. The Balaban J connectivity index is 2.17. The van der Waals surface area contributed by atoms with Gasteiger partial charge >= 0.3 is 6.09 Å². The first-order valence-electron chi connectivity index (χ1n) is 6.69. The molecule has 5 heteroatoms. The zero-order valence-corrected chi connectivity index (χ0v) is 11.7. The van der Waals surface area contributed by atoms with Crippen molar-refractivity contribution < 1.29 is 14.3 Å². The van der Waals surface area contributed by atoms with Crippen molar-refractivity contribution >= 4 is 12.4 Å². The molecule has 0 aliphatic heterocycles. The number of ether oxygens (including phenoxy) is 1. The number of pyridine rings is 1. The molecule has 0 bridgehead atoms. The molecule has 0 atom stereocenters. The van der Waals surface area contributed by atoms with Crippen molar-refractivity contribution in [1.29, 1.82) is 0 Å². The number of amides is 1. The summed E-state index contributed by atoms with van der Waals surface area (Å²) < 4.78 is 5.20. The fourth-order valence-corrected chi connectivity index (χ4v) is 1.79. The van der Waals surface area contributed by atoms with E-state index in [0.717, 1.165) is 23.8 Å². The van der Waals surface area contributed by atoms with Crippen LogP contribution < -0.4 is 10.1 Å². The third kappa shape index (κ3) is 4.14. The number of hydrogen-bond acceptors (Lipinski definition) is 4. The Hall–Kier alpha value is -2.69. The number of nitrogens with one attached hydrogen (secondary N) is 1. The molecule has 108 valence electrons. The standard InChI is InChI=1S/C16H16N2O3/c1-2-6-18-16(20)21-15-5-3-4-13(8-15)14-7-12(11-19)9-17-10-14/h3-5,7-11H,2,6H2,1H3,(H,18,20). The van der Waals surface area contributed by atoms with E-state index in [1.807, 2.05) is 13.0 Å². The van der Waals surface area contributed by atoms with Gasteiger partial charge < -0.3 is 10.1 Å². The van der Waals surface area contributed by atoms with Crippen LogP contribution in [0.15, 0.2) is 42.7 Å². The van der Waals surface area contributed by atoms with Gasteiger partial charge in [0.25, 0.3) is 0 Å². The molecule has 0 radical (unpaired) electrons. The largest absolute Gasteiger partial charge is 0.412 e. The Kier molecular flexibility index (Phi) is 5.04. The number of nitrogens with zero attached hydrogens (tertiary/aromatic N) is 1. The van der Waals surface area contributed by atoms with Gasteiger partial charge in [0.05, 0.1) is 0 Å². The second-order valence-corrected chi connectivity index (χ2v) is 4.47. The van der Waals surface area contributed by atoms with Gasteiger partial charge in [-0.2, -0.15) is 0 Å². The number of benzene rings is 1. The highest BCUT2D eigenvalue weighted by Gasteiger charge is 2.05. The summed E-state index contributed by atoms with van der Waals surface area (Å²) in [7, 11) is 0. The molecule has 1 aromatic heterocycles. The first-order chi connectivity index (χ1) is 10.2. The molecule has 1 N–H and O–H groups in total. The van der Waals surface area contributed by atoms with Crippen LogP contribution >= 0.6 is 0 Å². The monoisotopic (exact) mass is 284 g/mol. The Labute approximate surface area is 123 Å². The van der Waals surface area contributed by atoms with Crippen molar-refractivity contribution in [2.24, 2.45) is 0 Å². The summed E-state index contributed by atoms with van der Waals surface area (Å²) in [5, 5.41) is 2.64. The van der Waals surface area contributed by atoms with Crippen LogP contribution in [0.1, 0.15) is 23.7 Å². The van der Waals surface area contributed by atoms with E-state index in [-0.39, 0.29) is 0 Å². The second kappa shape index (κ2) is 7.19. The first-order valence-corrected chi connectivity index (χ1v) is 6.69. The number of hydrogen-bond donors (Lipinski definition) is 1. The Morgan fingerprint density at radius 2 is 2.14 bits per heavy atom. The van der Waals surface area contributed by atoms with E-state index in [2.05, 4.69) is 10.3 Å². The van der Waals surface area contributed by atoms with Crippen LogP contribution in [0.25, 0.3) is 11.1 Å². The summed E-state index contributed by atoms with van der Waals surface area (Å²) >= 11 is 0. The summed E-state index contributed by atoms with van der Waals surface area (Å²) in [6.07, 6.45) is 4.26. The van der Waals surface area contributed by atoms with Gasteiger partial charge in [-0.1, -0.05) is 19.1 Å². The smallest absolute Gasteiger partial charge is 0.410 e. The van der Waals surface area contributed by atoms with Crippen molar-refractivity contribution in [3.05, 3.63) is 48.3 Å². The Morgan fingerprint density at radius 1 is 1.29 bits per heavy atom. The van der Waals surface area contributed by atoms with Gasteiger partial charge in [0.15, 0.2) is 6.29 Å². The predicted molar refractivity (Wildman–Crippen MR) is 79.4 cm³/mol. The van der Waals surface area contributed by atoms with E-state index in [9.17, 15) is 9.59 Å². The third-order valence-corrected chi connectivity index (χ3v) is 2.79. The molecule has 21 heavy (non-hydrogen) atoms. The lowest BCUT2D eigenvalue weighted by Gasteiger charge is -2.07. The van der Waals surface area contributed by atoms with Crippen LogP contribution in [0.3, 0.4) is 0 Å². The topological polar surface area (TPSA) is 68.3 Å². The molecule has 1 amide bonds. The number of aldehydes is 1. The predicted octanol–water partition coefficient (Wildman–Crippen LogP) is 3.06. The zero-order chi connectivity index (χ0) is 15.1. The maximum Gasteiger partial charge on any atom is 0.412 e. The van der Waals surface area contributed by atoms with Crippen molar-refractivity contribution in [2.75, 3.05) is 6.54 Å². The van der Waals surface area contributed by atoms with E-state index < -0.39 is 6.09 Å². The molecule has 1 aromatic carbocycles. The summed E-state index contributed by atoms with van der Waals surface area (Å²) in [4.78, 5) is 26.3. The van der Waals surface area contributed by atoms with Gasteiger partial charge in [-0.3, -0.25) is 9.78 Å². The minimum absolute atomic E-state index is 0.442. The van der Waals surface area contributed by atoms with Crippen LogP contribution in [-0.4, -0.2) is 23.9 Å². The van der Waals surface area contributed by atoms with E-state index in [1.54, 1.807) is 30.5 Å². The Morgan fingerprint density at radius 3 is 2.90 bits per heavy atom. The average molecular weight is 284 g/mol. The molecular formula is C16H16N2O3. The van der Waals surface area contributed by atoms with Crippen LogP contribution in [0.5, 0.6) is 5.75 Å². The summed E-state index contributed by atoms with van der Waals surface area (Å²) in [5.41, 5.74) is 2.12. The summed E-state index contributed by atoms with van der Waals surface area (Å²) in [6.45, 7) is 2.54. The van der Waals surface area contributed by atoms with Crippen molar-refractivity contribution in [1.82, 2.24) is 10.3 Å². The number of rotatable bonds is 5. The van der Waals surface area contributed by atoms with Gasteiger partial charge in [-0.05, 0) is 30.2 Å². The highest BCUT2D eigenvalue weighted by molar-refractivity contribution is 5.78. The van der Waals surface area contributed by atoms with Crippen LogP contribution in [0.4, 0.5) is 4.79 Å². The highest BCUT2D eigenvalue weighted by atomic mass is 16.6. The van der Waals surface area contributed by atoms with Gasteiger partial charge in [0.2, 0.25) is 0 Å². The highest BCUT2D eigenvalue weighted by Crippen LogP contribution is 2.23. The van der Waals surface area contributed by atoms with Gasteiger partial charge in [-0.25, -0.2) is 4.79 Å². The van der Waals surface area contributed by atoms with E-state index in [4.69, 9.17) is 4.74 Å². The molecule has 0 aliphatic rings. The molecule has 0 fully saturated rings.